The molecule has 0 aliphatic carbocycles. The molecule has 1 rings (SSSR count). The summed E-state index contributed by atoms with van der Waals surface area (Å²) in [5, 5.41) is 0. The van der Waals surface area contributed by atoms with Gasteiger partial charge in [0.05, 0.1) is 0 Å². The summed E-state index contributed by atoms with van der Waals surface area (Å²) in [6, 6.07) is 4.75. The summed E-state index contributed by atoms with van der Waals surface area (Å²) in [4.78, 5) is 5.48. The van der Waals surface area contributed by atoms with Crippen molar-refractivity contribution < 1.29 is 0 Å². The van der Waals surface area contributed by atoms with E-state index in [1.165, 1.54) is 5.69 Å². The molecule has 0 radical (unpaired) electrons. The van der Waals surface area contributed by atoms with E-state index < -0.39 is 0 Å². The monoisotopic (exact) mass is 152 g/mol. The standard InChI is InChI=1S/C9H16N2/c1-8(2)11(3)7-9-5-4-6-10-9/h4-6,8,10H,7H2,1-3H3. The van der Waals surface area contributed by atoms with Crippen molar-refractivity contribution >= 4 is 0 Å². The Labute approximate surface area is 68.2 Å². The highest BCUT2D eigenvalue weighted by atomic mass is 15.1. The van der Waals surface area contributed by atoms with Crippen molar-refractivity contribution in [3.63, 3.8) is 0 Å². The van der Waals surface area contributed by atoms with E-state index in [9.17, 15) is 0 Å². The number of nitrogens with zero attached hydrogens (tertiary/aromatic N) is 1. The largest absolute Gasteiger partial charge is 0.364 e. The van der Waals surface area contributed by atoms with Crippen LogP contribution in [0.4, 0.5) is 0 Å². The van der Waals surface area contributed by atoms with E-state index in [0.29, 0.717) is 6.04 Å². The molecule has 1 N–H and O–H groups in total. The van der Waals surface area contributed by atoms with Crippen LogP contribution in [0.2, 0.25) is 0 Å². The lowest BCUT2D eigenvalue weighted by Crippen LogP contribution is -2.25. The molecule has 1 heterocycles. The van der Waals surface area contributed by atoms with E-state index in [0.717, 1.165) is 6.54 Å². The SMILES string of the molecule is CC(C)N(C)Cc1ccc[nH]1. The zero-order chi connectivity index (χ0) is 8.27. The van der Waals surface area contributed by atoms with Crippen molar-refractivity contribution in [3.05, 3.63) is 24.0 Å². The highest BCUT2D eigenvalue weighted by Crippen LogP contribution is 2.02. The quantitative estimate of drug-likeness (QED) is 0.700. The van der Waals surface area contributed by atoms with Crippen LogP contribution in [0.25, 0.3) is 0 Å². The molecule has 1 aromatic heterocycles. The van der Waals surface area contributed by atoms with Crippen LogP contribution in [-0.4, -0.2) is 23.0 Å². The average Bonchev–Trinajstić information content (AvgIpc) is 2.39. The third-order valence-electron chi connectivity index (χ3n) is 1.96. The minimum Gasteiger partial charge on any atom is -0.364 e. The van der Waals surface area contributed by atoms with Gasteiger partial charge in [0.15, 0.2) is 0 Å². The smallest absolute Gasteiger partial charge is 0.0384 e. The molecule has 0 unspecified atom stereocenters. The first-order valence-corrected chi connectivity index (χ1v) is 4.02. The van der Waals surface area contributed by atoms with Crippen LogP contribution >= 0.6 is 0 Å². The predicted octanol–water partition coefficient (Wildman–Crippen LogP) is 1.85. The molecule has 0 saturated heterocycles. The second kappa shape index (κ2) is 3.58. The fourth-order valence-electron chi connectivity index (χ4n) is 0.917. The highest BCUT2D eigenvalue weighted by molar-refractivity contribution is 5.03. The first kappa shape index (κ1) is 8.34. The molecular weight excluding hydrogens is 136 g/mol. The number of H-pyrrole nitrogens is 1. The summed E-state index contributed by atoms with van der Waals surface area (Å²) in [5.41, 5.74) is 1.28. The topological polar surface area (TPSA) is 19.0 Å². The van der Waals surface area contributed by atoms with Crippen LogP contribution in [0.5, 0.6) is 0 Å². The van der Waals surface area contributed by atoms with Crippen molar-refractivity contribution in [2.75, 3.05) is 7.05 Å². The second-order valence-electron chi connectivity index (χ2n) is 3.20. The maximum Gasteiger partial charge on any atom is 0.0384 e. The van der Waals surface area contributed by atoms with Gasteiger partial charge in [0.2, 0.25) is 0 Å². The van der Waals surface area contributed by atoms with E-state index in [2.05, 4.69) is 36.8 Å². The molecule has 0 saturated carbocycles. The van der Waals surface area contributed by atoms with E-state index in [1.54, 1.807) is 0 Å². The van der Waals surface area contributed by atoms with Crippen LogP contribution in [0.15, 0.2) is 18.3 Å². The average molecular weight is 152 g/mol. The molecule has 0 aliphatic heterocycles. The molecule has 0 aliphatic rings. The molecule has 11 heavy (non-hydrogen) atoms. The molecule has 2 nitrogen and oxygen atoms in total. The number of hydrogen-bond donors (Lipinski definition) is 1. The van der Waals surface area contributed by atoms with Gasteiger partial charge in [-0.3, -0.25) is 4.90 Å². The molecule has 62 valence electrons. The molecule has 0 fully saturated rings. The van der Waals surface area contributed by atoms with Crippen LogP contribution in [0.3, 0.4) is 0 Å². The first-order chi connectivity index (χ1) is 5.20. The van der Waals surface area contributed by atoms with Crippen molar-refractivity contribution in [1.29, 1.82) is 0 Å². The van der Waals surface area contributed by atoms with Gasteiger partial charge in [-0.15, -0.1) is 0 Å². The summed E-state index contributed by atoms with van der Waals surface area (Å²) in [7, 11) is 2.13. The zero-order valence-corrected chi connectivity index (χ0v) is 7.46. The van der Waals surface area contributed by atoms with Crippen LogP contribution in [0.1, 0.15) is 19.5 Å². The summed E-state index contributed by atoms with van der Waals surface area (Å²) in [6.45, 7) is 5.40. The van der Waals surface area contributed by atoms with Gasteiger partial charge < -0.3 is 4.98 Å². The third-order valence-corrected chi connectivity index (χ3v) is 1.96. The summed E-state index contributed by atoms with van der Waals surface area (Å²) >= 11 is 0. The van der Waals surface area contributed by atoms with Gasteiger partial charge >= 0.3 is 0 Å². The number of hydrogen-bond acceptors (Lipinski definition) is 1. The lowest BCUT2D eigenvalue weighted by molar-refractivity contribution is 0.263. The summed E-state index contributed by atoms with van der Waals surface area (Å²) in [6.07, 6.45) is 1.96. The van der Waals surface area contributed by atoms with Crippen LogP contribution in [-0.2, 0) is 6.54 Å². The lowest BCUT2D eigenvalue weighted by atomic mass is 10.3. The third kappa shape index (κ3) is 2.39. The van der Waals surface area contributed by atoms with Gasteiger partial charge in [0, 0.05) is 24.5 Å². The minimum absolute atomic E-state index is 0.610. The van der Waals surface area contributed by atoms with E-state index in [4.69, 9.17) is 0 Å². The Bertz CT molecular complexity index is 189. The Kier molecular flexibility index (Phi) is 2.71. The normalized spacial score (nSPS) is 11.4. The van der Waals surface area contributed by atoms with E-state index >= 15 is 0 Å². The minimum atomic E-state index is 0.610. The van der Waals surface area contributed by atoms with Crippen molar-refractivity contribution in [2.45, 2.75) is 26.4 Å². The Hall–Kier alpha value is -0.760. The fraction of sp³-hybridized carbons (Fsp3) is 0.556. The van der Waals surface area contributed by atoms with E-state index in [1.807, 2.05) is 12.3 Å². The highest BCUT2D eigenvalue weighted by Gasteiger charge is 2.03. The number of nitrogens with one attached hydrogen (secondary N) is 1. The molecule has 0 bridgehead atoms. The maximum absolute atomic E-state index is 3.18. The molecule has 0 atom stereocenters. The summed E-state index contributed by atoms with van der Waals surface area (Å²) in [5.74, 6) is 0. The second-order valence-corrected chi connectivity index (χ2v) is 3.20. The Morgan fingerprint density at radius 1 is 1.55 bits per heavy atom. The van der Waals surface area contributed by atoms with Crippen molar-refractivity contribution in [1.82, 2.24) is 9.88 Å². The van der Waals surface area contributed by atoms with Gasteiger partial charge in [-0.25, -0.2) is 0 Å². The molecule has 0 spiro atoms. The van der Waals surface area contributed by atoms with Crippen molar-refractivity contribution in [2.24, 2.45) is 0 Å². The molecular formula is C9H16N2. The van der Waals surface area contributed by atoms with Gasteiger partial charge in [0.1, 0.15) is 0 Å². The molecule has 1 aromatic rings. The molecule has 2 heteroatoms. The first-order valence-electron chi connectivity index (χ1n) is 4.02. The molecule has 0 amide bonds. The number of aromatic nitrogens is 1. The lowest BCUT2D eigenvalue weighted by Gasteiger charge is -2.19. The van der Waals surface area contributed by atoms with Crippen LogP contribution in [0, 0.1) is 0 Å². The maximum atomic E-state index is 3.18. The Morgan fingerprint density at radius 2 is 2.27 bits per heavy atom. The van der Waals surface area contributed by atoms with Crippen molar-refractivity contribution in [3.8, 4) is 0 Å². The Balaban J connectivity index is 2.43. The van der Waals surface area contributed by atoms with E-state index in [-0.39, 0.29) is 0 Å². The number of aromatic amines is 1. The number of rotatable bonds is 3. The van der Waals surface area contributed by atoms with Crippen LogP contribution < -0.4 is 0 Å². The fourth-order valence-corrected chi connectivity index (χ4v) is 0.917. The predicted molar refractivity (Wildman–Crippen MR) is 47.4 cm³/mol. The molecule has 0 aromatic carbocycles. The van der Waals surface area contributed by atoms with Gasteiger partial charge in [-0.05, 0) is 33.0 Å². The summed E-state index contributed by atoms with van der Waals surface area (Å²) < 4.78 is 0. The van der Waals surface area contributed by atoms with Gasteiger partial charge in [-0.2, -0.15) is 0 Å². The van der Waals surface area contributed by atoms with Gasteiger partial charge in [-0.1, -0.05) is 0 Å². The Morgan fingerprint density at radius 3 is 2.73 bits per heavy atom. The van der Waals surface area contributed by atoms with Gasteiger partial charge in [0.25, 0.3) is 0 Å². The zero-order valence-electron chi connectivity index (χ0n) is 7.46.